The van der Waals surface area contributed by atoms with Crippen molar-refractivity contribution in [2.24, 2.45) is 0 Å². The fraction of sp³-hybridized carbons (Fsp3) is 0.444. The van der Waals surface area contributed by atoms with Crippen molar-refractivity contribution in [3.63, 3.8) is 0 Å². The van der Waals surface area contributed by atoms with Gasteiger partial charge in [0, 0.05) is 5.38 Å². The van der Waals surface area contributed by atoms with Crippen molar-refractivity contribution in [1.82, 2.24) is 15.2 Å². The van der Waals surface area contributed by atoms with Crippen LogP contribution in [0, 0.1) is 6.92 Å². The Morgan fingerprint density at radius 2 is 2.27 bits per heavy atom. The molecule has 0 aromatic carbocycles. The number of thiazole rings is 1. The Kier molecular flexibility index (Phi) is 3.27. The average molecular weight is 240 g/mol. The van der Waals surface area contributed by atoms with Gasteiger partial charge in [-0.05, 0) is 13.3 Å². The molecule has 2 aromatic heterocycles. The van der Waals surface area contributed by atoms with Crippen LogP contribution in [-0.4, -0.2) is 15.2 Å². The van der Waals surface area contributed by atoms with Gasteiger partial charge in [-0.3, -0.25) is 0 Å². The molecule has 15 heavy (non-hydrogen) atoms. The Morgan fingerprint density at radius 3 is 2.87 bits per heavy atom. The predicted molar refractivity (Wildman–Crippen MR) is 63.5 cm³/mol. The number of hydrogen-bond acceptors (Lipinski definition) is 6. The van der Waals surface area contributed by atoms with Crippen LogP contribution >= 0.6 is 22.7 Å². The van der Waals surface area contributed by atoms with Gasteiger partial charge in [0.25, 0.3) is 0 Å². The zero-order chi connectivity index (χ0) is 10.7. The van der Waals surface area contributed by atoms with Crippen molar-refractivity contribution in [3.05, 3.63) is 21.1 Å². The molecule has 1 N–H and O–H groups in total. The summed E-state index contributed by atoms with van der Waals surface area (Å²) >= 11 is 3.27. The monoisotopic (exact) mass is 240 g/mol. The summed E-state index contributed by atoms with van der Waals surface area (Å²) in [5.41, 5.74) is 1.07. The minimum Gasteiger partial charge on any atom is -0.354 e. The number of hydrogen-bond donors (Lipinski definition) is 1. The van der Waals surface area contributed by atoms with Gasteiger partial charge in [0.1, 0.15) is 5.01 Å². The zero-order valence-corrected chi connectivity index (χ0v) is 10.3. The van der Waals surface area contributed by atoms with Gasteiger partial charge in [-0.2, -0.15) is 0 Å². The molecule has 0 saturated carbocycles. The number of rotatable bonds is 4. The minimum absolute atomic E-state index is 0.727. The zero-order valence-electron chi connectivity index (χ0n) is 8.65. The Balaban J connectivity index is 1.93. The van der Waals surface area contributed by atoms with E-state index in [4.69, 9.17) is 0 Å². The normalized spacial score (nSPS) is 10.5. The fourth-order valence-corrected chi connectivity index (χ4v) is 2.46. The molecule has 2 aromatic rings. The molecule has 2 rings (SSSR count). The summed E-state index contributed by atoms with van der Waals surface area (Å²) in [5, 5.41) is 16.2. The summed E-state index contributed by atoms with van der Waals surface area (Å²) in [5.74, 6) is 0. The van der Waals surface area contributed by atoms with Crippen molar-refractivity contribution >= 4 is 27.8 Å². The molecule has 80 valence electrons. The first-order valence-electron chi connectivity index (χ1n) is 4.75. The number of aromatic nitrogens is 3. The molecule has 6 heteroatoms. The highest BCUT2D eigenvalue weighted by Gasteiger charge is 2.02. The summed E-state index contributed by atoms with van der Waals surface area (Å²) < 4.78 is 0. The number of aryl methyl sites for hydroxylation is 2. The highest BCUT2D eigenvalue weighted by atomic mass is 32.1. The molecular weight excluding hydrogens is 228 g/mol. The molecule has 2 heterocycles. The second-order valence-corrected chi connectivity index (χ2v) is 5.19. The first-order valence-corrected chi connectivity index (χ1v) is 6.45. The van der Waals surface area contributed by atoms with Gasteiger partial charge in [-0.1, -0.05) is 18.3 Å². The van der Waals surface area contributed by atoms with Crippen LogP contribution in [0.2, 0.25) is 0 Å². The second kappa shape index (κ2) is 4.67. The maximum atomic E-state index is 4.46. The summed E-state index contributed by atoms with van der Waals surface area (Å²) in [6.07, 6.45) is 1.00. The van der Waals surface area contributed by atoms with E-state index in [1.165, 1.54) is 5.01 Å². The highest BCUT2D eigenvalue weighted by molar-refractivity contribution is 7.15. The molecule has 0 fully saturated rings. The van der Waals surface area contributed by atoms with E-state index in [1.807, 2.05) is 6.92 Å². The van der Waals surface area contributed by atoms with Crippen LogP contribution in [0.1, 0.15) is 22.6 Å². The highest BCUT2D eigenvalue weighted by Crippen LogP contribution is 2.16. The van der Waals surface area contributed by atoms with E-state index >= 15 is 0 Å². The first-order chi connectivity index (χ1) is 7.28. The van der Waals surface area contributed by atoms with Crippen LogP contribution in [0.25, 0.3) is 0 Å². The van der Waals surface area contributed by atoms with Crippen molar-refractivity contribution in [1.29, 1.82) is 0 Å². The first kappa shape index (κ1) is 10.5. The van der Waals surface area contributed by atoms with Gasteiger partial charge in [0.15, 0.2) is 0 Å². The lowest BCUT2D eigenvalue weighted by atomic mass is 10.4. The molecule has 0 amide bonds. The topological polar surface area (TPSA) is 50.7 Å². The van der Waals surface area contributed by atoms with Gasteiger partial charge >= 0.3 is 0 Å². The molecule has 0 atom stereocenters. The van der Waals surface area contributed by atoms with Crippen LogP contribution in [0.5, 0.6) is 0 Å². The van der Waals surface area contributed by atoms with E-state index in [9.17, 15) is 0 Å². The van der Waals surface area contributed by atoms with E-state index in [0.29, 0.717) is 0 Å². The molecule has 0 bridgehead atoms. The van der Waals surface area contributed by atoms with Crippen molar-refractivity contribution in [2.75, 3.05) is 5.32 Å². The van der Waals surface area contributed by atoms with Crippen LogP contribution < -0.4 is 5.32 Å². The standard InChI is InChI=1S/C9H12N4S2/c1-3-8-11-7(5-14-8)4-10-9-13-12-6(2)15-9/h5H,3-4H2,1-2H3,(H,10,13). The lowest BCUT2D eigenvalue weighted by molar-refractivity contribution is 0.987. The molecule has 0 spiro atoms. The Labute approximate surface area is 96.4 Å². The molecule has 0 saturated heterocycles. The second-order valence-electron chi connectivity index (χ2n) is 3.07. The quantitative estimate of drug-likeness (QED) is 0.892. The average Bonchev–Trinajstić information content (AvgIpc) is 2.83. The number of nitrogens with zero attached hydrogens (tertiary/aromatic N) is 3. The third-order valence-corrected chi connectivity index (χ3v) is 3.69. The largest absolute Gasteiger partial charge is 0.354 e. The molecule has 0 radical (unpaired) electrons. The number of nitrogens with one attached hydrogen (secondary N) is 1. The Morgan fingerprint density at radius 1 is 1.40 bits per heavy atom. The van der Waals surface area contributed by atoms with Gasteiger partial charge in [0.05, 0.1) is 17.2 Å². The summed E-state index contributed by atoms with van der Waals surface area (Å²) in [7, 11) is 0. The number of anilines is 1. The van der Waals surface area contributed by atoms with Crippen LogP contribution in [-0.2, 0) is 13.0 Å². The molecule has 0 unspecified atom stereocenters. The van der Waals surface area contributed by atoms with Gasteiger partial charge < -0.3 is 5.32 Å². The van der Waals surface area contributed by atoms with Crippen LogP contribution in [0.15, 0.2) is 5.38 Å². The summed E-state index contributed by atoms with van der Waals surface area (Å²) in [6.45, 7) is 4.79. The minimum atomic E-state index is 0.727. The maximum absolute atomic E-state index is 4.46. The maximum Gasteiger partial charge on any atom is 0.205 e. The van der Waals surface area contributed by atoms with Crippen LogP contribution in [0.4, 0.5) is 5.13 Å². The molecule has 0 aliphatic rings. The predicted octanol–water partition coefficient (Wildman–Crippen LogP) is 2.48. The van der Waals surface area contributed by atoms with Crippen LogP contribution in [0.3, 0.4) is 0 Å². The van der Waals surface area contributed by atoms with E-state index in [2.05, 4.69) is 32.8 Å². The van der Waals surface area contributed by atoms with E-state index in [-0.39, 0.29) is 0 Å². The van der Waals surface area contributed by atoms with Crippen molar-refractivity contribution < 1.29 is 0 Å². The summed E-state index contributed by atoms with van der Waals surface area (Å²) in [6, 6.07) is 0. The molecule has 4 nitrogen and oxygen atoms in total. The third-order valence-electron chi connectivity index (χ3n) is 1.85. The molecule has 0 aliphatic heterocycles. The smallest absolute Gasteiger partial charge is 0.205 e. The van der Waals surface area contributed by atoms with E-state index < -0.39 is 0 Å². The van der Waals surface area contributed by atoms with Gasteiger partial charge in [0.2, 0.25) is 5.13 Å². The molecule has 0 aliphatic carbocycles. The SMILES string of the molecule is CCc1nc(CNc2nnc(C)s2)cs1. The van der Waals surface area contributed by atoms with E-state index in [0.717, 1.165) is 28.8 Å². The van der Waals surface area contributed by atoms with Crippen molar-refractivity contribution in [2.45, 2.75) is 26.8 Å². The lowest BCUT2D eigenvalue weighted by Crippen LogP contribution is -1.99. The third kappa shape index (κ3) is 2.73. The molecular formula is C9H12N4S2. The fourth-order valence-electron chi connectivity index (χ4n) is 1.13. The van der Waals surface area contributed by atoms with Gasteiger partial charge in [-0.15, -0.1) is 21.5 Å². The lowest BCUT2D eigenvalue weighted by Gasteiger charge is -1.96. The van der Waals surface area contributed by atoms with Crippen molar-refractivity contribution in [3.8, 4) is 0 Å². The summed E-state index contributed by atoms with van der Waals surface area (Å²) in [4.78, 5) is 4.46. The van der Waals surface area contributed by atoms with Gasteiger partial charge in [-0.25, -0.2) is 4.98 Å². The Bertz CT molecular complexity index is 435. The van der Waals surface area contributed by atoms with E-state index in [1.54, 1.807) is 22.7 Å². The Hall–Kier alpha value is -1.01.